The van der Waals surface area contributed by atoms with Gasteiger partial charge in [0.05, 0.1) is 0 Å². The molecule has 0 heterocycles. The molecular weight excluding hydrogens is 385 g/mol. The first-order valence-electron chi connectivity index (χ1n) is 5.78. The van der Waals surface area contributed by atoms with Crippen LogP contribution >= 0.6 is 17.9 Å². The van der Waals surface area contributed by atoms with Crippen molar-refractivity contribution in [3.63, 3.8) is 0 Å². The van der Waals surface area contributed by atoms with E-state index in [0.29, 0.717) is 0 Å². The molecule has 0 aromatic carbocycles. The van der Waals surface area contributed by atoms with Gasteiger partial charge in [0.2, 0.25) is 0 Å². The Kier molecular flexibility index (Phi) is 19.8. The van der Waals surface area contributed by atoms with E-state index in [4.69, 9.17) is 17.9 Å². The van der Waals surface area contributed by atoms with Crippen molar-refractivity contribution in [3.8, 4) is 0 Å². The predicted octanol–water partition coefficient (Wildman–Crippen LogP) is 4.95. The van der Waals surface area contributed by atoms with Gasteiger partial charge in [-0.3, -0.25) is 0 Å². The topological polar surface area (TPSA) is 42.3 Å². The Morgan fingerprint density at radius 1 is 0.778 bits per heavy atom. The van der Waals surface area contributed by atoms with Crippen molar-refractivity contribution in [2.45, 2.75) is 52.6 Å². The van der Waals surface area contributed by atoms with Gasteiger partial charge < -0.3 is 16.0 Å². The third-order valence-corrected chi connectivity index (χ3v) is 1.27. The molecular formula is C12H28Cl2N3Te. The van der Waals surface area contributed by atoms with Gasteiger partial charge in [-0.1, -0.05) is 41.5 Å². The van der Waals surface area contributed by atoms with Crippen molar-refractivity contribution in [1.29, 1.82) is 0 Å². The van der Waals surface area contributed by atoms with Gasteiger partial charge in [0.15, 0.2) is 0 Å². The molecule has 0 aromatic heterocycles. The first kappa shape index (κ1) is 24.3. The number of hydrogen-bond acceptors (Lipinski definition) is 0. The summed E-state index contributed by atoms with van der Waals surface area (Å²) in [5.74, 6) is 0. The molecule has 111 valence electrons. The number of rotatable bonds is 3. The van der Waals surface area contributed by atoms with E-state index in [-0.39, 0.29) is 11.1 Å². The van der Waals surface area contributed by atoms with Crippen molar-refractivity contribution in [3.05, 3.63) is 16.0 Å². The van der Waals surface area contributed by atoms with Crippen molar-refractivity contribution >= 4 is 36.6 Å². The van der Waals surface area contributed by atoms with Crippen molar-refractivity contribution in [1.82, 2.24) is 0 Å². The van der Waals surface area contributed by atoms with Crippen LogP contribution in [0.5, 0.6) is 0 Å². The molecule has 0 fully saturated rings. The molecule has 3 nitrogen and oxygen atoms in total. The van der Waals surface area contributed by atoms with Gasteiger partial charge in [-0.15, -0.1) is 11.1 Å². The van der Waals surface area contributed by atoms with E-state index in [1.165, 1.54) is 0 Å². The van der Waals surface area contributed by atoms with Gasteiger partial charge in [0.1, 0.15) is 0 Å². The zero-order valence-electron chi connectivity index (χ0n) is 12.9. The van der Waals surface area contributed by atoms with Crippen LogP contribution in [0.15, 0.2) is 0 Å². The second-order valence-electron chi connectivity index (χ2n) is 5.61. The van der Waals surface area contributed by atoms with Crippen LogP contribution in [-0.4, -0.2) is 56.9 Å². The fourth-order valence-corrected chi connectivity index (χ4v) is 0.771. The summed E-state index contributed by atoms with van der Waals surface area (Å²) in [6.45, 7) is 14.4. The van der Waals surface area contributed by atoms with Crippen molar-refractivity contribution in [2.75, 3.05) is 27.2 Å². The molecule has 0 aliphatic heterocycles. The van der Waals surface area contributed by atoms with Crippen molar-refractivity contribution in [2.24, 2.45) is 0 Å². The molecule has 0 saturated carbocycles. The summed E-state index contributed by atoms with van der Waals surface area (Å²) in [6, 6.07) is 0. The summed E-state index contributed by atoms with van der Waals surface area (Å²) < 4.78 is 0. The second kappa shape index (κ2) is 14.7. The Morgan fingerprint density at radius 3 is 1.06 bits per heavy atom. The molecule has 6 heteroatoms. The number of nitrogens with zero attached hydrogens (tertiary/aromatic N) is 3. The van der Waals surface area contributed by atoms with Crippen LogP contribution in [0.1, 0.15) is 41.5 Å². The average molecular weight is 413 g/mol. The number of hydrogen-bond donors (Lipinski definition) is 0. The fraction of sp³-hybridized carbons (Fsp3) is 1.00. The second-order valence-corrected chi connectivity index (χ2v) is 9.07. The molecule has 0 aliphatic rings. The minimum atomic E-state index is -0.586. The summed E-state index contributed by atoms with van der Waals surface area (Å²) >= 11 is -0.586. The SMILES string of the molecule is CC(C)(C)[N-]CC[N-]C(C)(C)C.C[N-]C.Cl[Te+3]Cl. The van der Waals surface area contributed by atoms with Gasteiger partial charge in [-0.25, -0.2) is 0 Å². The fourth-order valence-electron chi connectivity index (χ4n) is 0.771. The van der Waals surface area contributed by atoms with Gasteiger partial charge in [0.25, 0.3) is 0 Å². The molecule has 0 bridgehead atoms. The minimum absolute atomic E-state index is 0.0907. The number of halogens is 2. The third kappa shape index (κ3) is 43.4. The van der Waals surface area contributed by atoms with E-state index in [1.54, 1.807) is 14.1 Å². The molecule has 0 atom stereocenters. The summed E-state index contributed by atoms with van der Waals surface area (Å²) in [5, 5.41) is 12.4. The Morgan fingerprint density at radius 2 is 0.944 bits per heavy atom. The van der Waals surface area contributed by atoms with Crippen LogP contribution in [0.25, 0.3) is 16.0 Å². The van der Waals surface area contributed by atoms with Crippen LogP contribution in [0.3, 0.4) is 0 Å². The summed E-state index contributed by atoms with van der Waals surface area (Å²) in [4.78, 5) is 0. The normalized spacial score (nSPS) is 10.8. The third-order valence-electron chi connectivity index (χ3n) is 1.27. The molecule has 0 saturated heterocycles. The van der Waals surface area contributed by atoms with E-state index in [2.05, 4.69) is 57.5 Å². The van der Waals surface area contributed by atoms with Crippen LogP contribution in [0.2, 0.25) is 0 Å². The Labute approximate surface area is 132 Å². The van der Waals surface area contributed by atoms with Gasteiger partial charge >= 0.3 is 36.6 Å². The zero-order chi connectivity index (χ0) is 15.2. The molecule has 0 amide bonds. The van der Waals surface area contributed by atoms with Gasteiger partial charge in [-0.2, -0.15) is 27.2 Å². The molecule has 1 radical (unpaired) electrons. The van der Waals surface area contributed by atoms with Crippen LogP contribution in [-0.2, 0) is 0 Å². The average Bonchev–Trinajstić information content (AvgIpc) is 2.12. The summed E-state index contributed by atoms with van der Waals surface area (Å²) in [5.41, 5.74) is 0.181. The standard InChI is InChI=1S/C10H22N2.C2H6N.Cl2Te/c1-9(2,3)11-7-8-12-10(4,5)6;2*1-3-2/h7-8H2,1-6H3;1-2H3;/q-2;-1;+3. The van der Waals surface area contributed by atoms with Crippen LogP contribution in [0, 0.1) is 0 Å². The predicted molar refractivity (Wildman–Crippen MR) is 88.6 cm³/mol. The van der Waals surface area contributed by atoms with E-state index >= 15 is 0 Å². The molecule has 0 rings (SSSR count). The quantitative estimate of drug-likeness (QED) is 0.465. The van der Waals surface area contributed by atoms with Gasteiger partial charge in [-0.05, 0) is 0 Å². The molecule has 0 unspecified atom stereocenters. The molecule has 0 spiro atoms. The first-order chi connectivity index (χ1) is 8.04. The summed E-state index contributed by atoms with van der Waals surface area (Å²) in [7, 11) is 13.3. The van der Waals surface area contributed by atoms with E-state index in [0.717, 1.165) is 13.1 Å². The molecule has 0 aromatic rings. The Hall–Kier alpha value is 1.25. The monoisotopic (exact) mass is 414 g/mol. The maximum absolute atomic E-state index is 4.89. The maximum atomic E-state index is 4.89. The first-order valence-corrected chi connectivity index (χ1v) is 11.7. The van der Waals surface area contributed by atoms with Crippen molar-refractivity contribution < 1.29 is 0 Å². The molecule has 0 N–H and O–H groups in total. The van der Waals surface area contributed by atoms with Crippen LogP contribution in [0.4, 0.5) is 0 Å². The van der Waals surface area contributed by atoms with E-state index < -0.39 is 18.7 Å². The van der Waals surface area contributed by atoms with Gasteiger partial charge in [0, 0.05) is 0 Å². The van der Waals surface area contributed by atoms with Crippen LogP contribution < -0.4 is 0 Å². The molecule has 0 aliphatic carbocycles. The Bertz CT molecular complexity index is 138. The summed E-state index contributed by atoms with van der Waals surface area (Å²) in [6.07, 6.45) is 0. The Balaban J connectivity index is -0.000000315. The van der Waals surface area contributed by atoms with E-state index in [9.17, 15) is 0 Å². The zero-order valence-corrected chi connectivity index (χ0v) is 16.8. The van der Waals surface area contributed by atoms with E-state index in [1.807, 2.05) is 0 Å². The molecule has 18 heavy (non-hydrogen) atoms.